The molecule has 5 heterocycles. The van der Waals surface area contributed by atoms with Crippen LogP contribution in [-0.2, 0) is 9.47 Å². The molecule has 3 aromatic heterocycles. The maximum atomic E-state index is 13.9. The molecule has 9 heteroatoms. The van der Waals surface area contributed by atoms with Gasteiger partial charge >= 0.3 is 0 Å². The summed E-state index contributed by atoms with van der Waals surface area (Å²) in [7, 11) is 0. The lowest BCUT2D eigenvalue weighted by Crippen LogP contribution is -2.44. The standard InChI is InChI=1S/C27H29FN6O2/c1-17-16-35-13-11-33(17)24-15-21(19-6-5-18(28)14-22(19)29)20-7-9-30-27(26(20)32-24)23-8-10-31-34(23)25-4-2-3-12-36-25/h5-10,14-15,17,25H,2-4,11-13,16,29H2,1H3. The van der Waals surface area contributed by atoms with Crippen molar-refractivity contribution < 1.29 is 13.9 Å². The van der Waals surface area contributed by atoms with E-state index in [1.165, 1.54) is 12.1 Å². The van der Waals surface area contributed by atoms with E-state index in [1.807, 2.05) is 22.9 Å². The summed E-state index contributed by atoms with van der Waals surface area (Å²) >= 11 is 0. The average molecular weight is 489 g/mol. The molecule has 8 nitrogen and oxygen atoms in total. The molecule has 0 amide bonds. The van der Waals surface area contributed by atoms with E-state index < -0.39 is 0 Å². The molecule has 0 saturated carbocycles. The predicted octanol–water partition coefficient (Wildman–Crippen LogP) is 4.81. The largest absolute Gasteiger partial charge is 0.398 e. The first-order valence-corrected chi connectivity index (χ1v) is 12.4. The third-order valence-electron chi connectivity index (χ3n) is 7.02. The molecule has 0 radical (unpaired) electrons. The molecule has 0 bridgehead atoms. The van der Waals surface area contributed by atoms with Gasteiger partial charge in [-0.05, 0) is 68.1 Å². The van der Waals surface area contributed by atoms with E-state index in [0.717, 1.165) is 71.6 Å². The maximum absolute atomic E-state index is 13.9. The molecular weight excluding hydrogens is 459 g/mol. The highest BCUT2D eigenvalue weighted by Gasteiger charge is 2.25. The topological polar surface area (TPSA) is 91.3 Å². The fourth-order valence-corrected chi connectivity index (χ4v) is 5.19. The molecule has 4 aromatic rings. The van der Waals surface area contributed by atoms with Crippen molar-refractivity contribution >= 4 is 22.4 Å². The number of ether oxygens (including phenoxy) is 2. The van der Waals surface area contributed by atoms with Crippen molar-refractivity contribution in [2.45, 2.75) is 38.5 Å². The fourth-order valence-electron chi connectivity index (χ4n) is 5.19. The number of fused-ring (bicyclic) bond motifs is 1. The summed E-state index contributed by atoms with van der Waals surface area (Å²) in [6.45, 7) is 4.82. The van der Waals surface area contributed by atoms with Crippen LogP contribution in [0.25, 0.3) is 33.4 Å². The summed E-state index contributed by atoms with van der Waals surface area (Å²) in [6, 6.07) is 10.6. The van der Waals surface area contributed by atoms with Gasteiger partial charge in [-0.2, -0.15) is 5.10 Å². The summed E-state index contributed by atoms with van der Waals surface area (Å²) < 4.78 is 27.5. The number of nitrogens with two attached hydrogens (primary N) is 1. The number of morpholine rings is 1. The number of halogens is 1. The predicted molar refractivity (Wildman–Crippen MR) is 137 cm³/mol. The lowest BCUT2D eigenvalue weighted by molar-refractivity contribution is -0.0383. The molecule has 2 N–H and O–H groups in total. The van der Waals surface area contributed by atoms with Crippen LogP contribution in [0, 0.1) is 5.82 Å². The number of benzene rings is 1. The highest BCUT2D eigenvalue weighted by atomic mass is 19.1. The smallest absolute Gasteiger partial charge is 0.150 e. The number of nitrogen functional groups attached to an aromatic ring is 1. The zero-order valence-corrected chi connectivity index (χ0v) is 20.2. The highest BCUT2D eigenvalue weighted by molar-refractivity contribution is 6.03. The Kier molecular flexibility index (Phi) is 6.02. The molecule has 36 heavy (non-hydrogen) atoms. The maximum Gasteiger partial charge on any atom is 0.150 e. The Balaban J connectivity index is 1.58. The van der Waals surface area contributed by atoms with Crippen molar-refractivity contribution in [3.63, 3.8) is 0 Å². The first-order chi connectivity index (χ1) is 17.6. The van der Waals surface area contributed by atoms with Crippen LogP contribution in [0.2, 0.25) is 0 Å². The normalized spacial score (nSPS) is 20.7. The first-order valence-electron chi connectivity index (χ1n) is 12.4. The van der Waals surface area contributed by atoms with Crippen LogP contribution in [0.3, 0.4) is 0 Å². The van der Waals surface area contributed by atoms with Crippen LogP contribution in [-0.4, -0.2) is 52.2 Å². The second-order valence-corrected chi connectivity index (χ2v) is 9.41. The van der Waals surface area contributed by atoms with Gasteiger partial charge in [-0.1, -0.05) is 0 Å². The Bertz CT molecular complexity index is 1400. The second-order valence-electron chi connectivity index (χ2n) is 9.41. The van der Waals surface area contributed by atoms with Crippen LogP contribution in [0.4, 0.5) is 15.9 Å². The number of anilines is 2. The van der Waals surface area contributed by atoms with E-state index >= 15 is 0 Å². The van der Waals surface area contributed by atoms with Crippen molar-refractivity contribution in [3.8, 4) is 22.5 Å². The average Bonchev–Trinajstić information content (AvgIpc) is 3.38. The number of aromatic nitrogens is 4. The van der Waals surface area contributed by atoms with Gasteiger partial charge in [0, 0.05) is 42.2 Å². The summed E-state index contributed by atoms with van der Waals surface area (Å²) in [6.07, 6.45) is 6.48. The van der Waals surface area contributed by atoms with Gasteiger partial charge < -0.3 is 20.1 Å². The zero-order valence-electron chi connectivity index (χ0n) is 20.2. The molecule has 1 aromatic carbocycles. The fraction of sp³-hybridized carbons (Fsp3) is 0.370. The van der Waals surface area contributed by atoms with E-state index in [0.29, 0.717) is 18.9 Å². The van der Waals surface area contributed by atoms with Crippen molar-refractivity contribution in [1.82, 2.24) is 19.7 Å². The van der Waals surface area contributed by atoms with Crippen LogP contribution >= 0.6 is 0 Å². The minimum atomic E-state index is -0.365. The number of nitrogens with zero attached hydrogens (tertiary/aromatic N) is 5. The molecule has 186 valence electrons. The Labute approximate surface area is 208 Å². The van der Waals surface area contributed by atoms with Gasteiger partial charge in [0.15, 0.2) is 6.23 Å². The number of hydrogen-bond acceptors (Lipinski definition) is 7. The third-order valence-corrected chi connectivity index (χ3v) is 7.02. The van der Waals surface area contributed by atoms with Gasteiger partial charge in [0.1, 0.15) is 22.8 Å². The monoisotopic (exact) mass is 488 g/mol. The molecular formula is C27H29FN6O2. The van der Waals surface area contributed by atoms with Gasteiger partial charge in [0.05, 0.1) is 24.9 Å². The molecule has 2 atom stereocenters. The Hall–Kier alpha value is -3.56. The summed E-state index contributed by atoms with van der Waals surface area (Å²) in [5.74, 6) is 0.446. The van der Waals surface area contributed by atoms with Gasteiger partial charge in [0.2, 0.25) is 0 Å². The Morgan fingerprint density at radius 3 is 2.78 bits per heavy atom. The minimum Gasteiger partial charge on any atom is -0.398 e. The molecule has 2 fully saturated rings. The van der Waals surface area contributed by atoms with Gasteiger partial charge in [-0.3, -0.25) is 4.98 Å². The number of hydrogen-bond donors (Lipinski definition) is 1. The van der Waals surface area contributed by atoms with E-state index in [-0.39, 0.29) is 18.1 Å². The molecule has 0 aliphatic carbocycles. The van der Waals surface area contributed by atoms with Crippen LogP contribution in [0.15, 0.2) is 48.8 Å². The third kappa shape index (κ3) is 4.08. The lowest BCUT2D eigenvalue weighted by Gasteiger charge is -2.34. The molecule has 2 aliphatic heterocycles. The van der Waals surface area contributed by atoms with Crippen molar-refractivity contribution in [2.75, 3.05) is 37.0 Å². The van der Waals surface area contributed by atoms with Crippen molar-refractivity contribution in [3.05, 3.63) is 54.6 Å². The van der Waals surface area contributed by atoms with Crippen molar-refractivity contribution in [2.24, 2.45) is 0 Å². The van der Waals surface area contributed by atoms with E-state index in [9.17, 15) is 4.39 Å². The first kappa shape index (κ1) is 22.9. The van der Waals surface area contributed by atoms with Crippen LogP contribution < -0.4 is 10.6 Å². The minimum absolute atomic E-state index is 0.129. The molecule has 6 rings (SSSR count). The summed E-state index contributed by atoms with van der Waals surface area (Å²) in [4.78, 5) is 12.1. The highest BCUT2D eigenvalue weighted by Crippen LogP contribution is 2.39. The molecule has 0 spiro atoms. The van der Waals surface area contributed by atoms with E-state index in [4.69, 9.17) is 25.2 Å². The van der Waals surface area contributed by atoms with E-state index in [2.05, 4.69) is 16.9 Å². The quantitative estimate of drug-likeness (QED) is 0.412. The lowest BCUT2D eigenvalue weighted by atomic mass is 9.98. The van der Waals surface area contributed by atoms with Crippen LogP contribution in [0.1, 0.15) is 32.4 Å². The number of pyridine rings is 2. The Morgan fingerprint density at radius 2 is 1.97 bits per heavy atom. The van der Waals surface area contributed by atoms with Gasteiger partial charge in [-0.25, -0.2) is 14.1 Å². The molecule has 2 unspecified atom stereocenters. The summed E-state index contributed by atoms with van der Waals surface area (Å²) in [5, 5.41) is 5.48. The van der Waals surface area contributed by atoms with Gasteiger partial charge in [0.25, 0.3) is 0 Å². The van der Waals surface area contributed by atoms with Crippen molar-refractivity contribution in [1.29, 1.82) is 0 Å². The summed E-state index contributed by atoms with van der Waals surface area (Å²) in [5.41, 5.74) is 10.7. The van der Waals surface area contributed by atoms with Crippen LogP contribution in [0.5, 0.6) is 0 Å². The number of rotatable bonds is 4. The Morgan fingerprint density at radius 1 is 1.06 bits per heavy atom. The zero-order chi connectivity index (χ0) is 24.6. The SMILES string of the molecule is CC1COCCN1c1cc(-c2ccc(F)cc2N)c2ccnc(-c3ccnn3C3CCCCO3)c2n1. The second kappa shape index (κ2) is 9.48. The van der Waals surface area contributed by atoms with E-state index in [1.54, 1.807) is 18.5 Å². The van der Waals surface area contributed by atoms with Gasteiger partial charge in [-0.15, -0.1) is 0 Å². The molecule has 2 saturated heterocycles. The molecule has 2 aliphatic rings.